The number of pyridine rings is 1. The predicted octanol–water partition coefficient (Wildman–Crippen LogP) is 4.04. The zero-order valence-electron chi connectivity index (χ0n) is 19.2. The minimum absolute atomic E-state index is 0.0134. The van der Waals surface area contributed by atoms with E-state index in [0.29, 0.717) is 18.2 Å². The van der Waals surface area contributed by atoms with E-state index in [9.17, 15) is 4.79 Å². The molecule has 9 heteroatoms. The molecule has 1 saturated heterocycles. The third-order valence-electron chi connectivity index (χ3n) is 5.12. The third kappa shape index (κ3) is 6.36. The van der Waals surface area contributed by atoms with Crippen molar-refractivity contribution in [2.45, 2.75) is 44.9 Å². The Morgan fingerprint density at radius 2 is 2.00 bits per heavy atom. The number of aromatic nitrogens is 3. The minimum Gasteiger partial charge on any atom is -0.444 e. The maximum absolute atomic E-state index is 15.5. The average Bonchev–Trinajstić information content (AvgIpc) is 3.11. The first-order valence-corrected chi connectivity index (χ1v) is 10.9. The largest absolute Gasteiger partial charge is 0.444 e. The van der Waals surface area contributed by atoms with Crippen LogP contribution in [0.3, 0.4) is 0 Å². The molecule has 0 N–H and O–H groups in total. The highest BCUT2D eigenvalue weighted by molar-refractivity contribution is 6.29. The van der Waals surface area contributed by atoms with Gasteiger partial charge in [-0.15, -0.1) is 0 Å². The third-order valence-corrected chi connectivity index (χ3v) is 5.33. The summed E-state index contributed by atoms with van der Waals surface area (Å²) in [7, 11) is 3.40. The molecule has 0 saturated carbocycles. The SMILES string of the molecule is CN(CC1(F)CCN(c2cc(Cl)ncc2C#Cc2cnn(C)c2)CC1)C(=O)OC(C)(C)C. The molecule has 0 aliphatic carbocycles. The molecule has 1 fully saturated rings. The van der Waals surface area contributed by atoms with Gasteiger partial charge in [-0.2, -0.15) is 5.10 Å². The second kappa shape index (κ2) is 9.37. The van der Waals surface area contributed by atoms with E-state index in [1.54, 1.807) is 51.0 Å². The van der Waals surface area contributed by atoms with E-state index in [-0.39, 0.29) is 19.4 Å². The Morgan fingerprint density at radius 1 is 1.31 bits per heavy atom. The Bertz CT molecular complexity index is 1030. The van der Waals surface area contributed by atoms with Gasteiger partial charge in [-0.25, -0.2) is 14.2 Å². The fourth-order valence-electron chi connectivity index (χ4n) is 3.54. The summed E-state index contributed by atoms with van der Waals surface area (Å²) >= 11 is 6.14. The maximum atomic E-state index is 15.5. The first-order chi connectivity index (χ1) is 14.9. The van der Waals surface area contributed by atoms with Gasteiger partial charge in [0.2, 0.25) is 0 Å². The highest BCUT2D eigenvalue weighted by Crippen LogP contribution is 2.32. The van der Waals surface area contributed by atoms with Crippen LogP contribution >= 0.6 is 11.6 Å². The van der Waals surface area contributed by atoms with Crippen molar-refractivity contribution in [3.8, 4) is 11.8 Å². The molecule has 0 atom stereocenters. The molecule has 2 aromatic heterocycles. The number of rotatable bonds is 3. The lowest BCUT2D eigenvalue weighted by Gasteiger charge is -2.39. The van der Waals surface area contributed by atoms with Crippen LogP contribution in [0.2, 0.25) is 5.15 Å². The lowest BCUT2D eigenvalue weighted by molar-refractivity contribution is 0.0121. The van der Waals surface area contributed by atoms with Crippen LogP contribution in [-0.4, -0.2) is 63.7 Å². The van der Waals surface area contributed by atoms with Crippen molar-refractivity contribution in [3.63, 3.8) is 0 Å². The van der Waals surface area contributed by atoms with Crippen molar-refractivity contribution in [3.05, 3.63) is 40.9 Å². The second-order valence-corrected chi connectivity index (χ2v) is 9.54. The summed E-state index contributed by atoms with van der Waals surface area (Å²) in [6.45, 7) is 6.30. The molecular formula is C23H29ClFN5O2. The van der Waals surface area contributed by atoms with E-state index in [1.165, 1.54) is 4.90 Å². The lowest BCUT2D eigenvalue weighted by atomic mass is 9.92. The number of amides is 1. The Morgan fingerprint density at radius 3 is 2.59 bits per heavy atom. The van der Waals surface area contributed by atoms with Crippen LogP contribution in [0.1, 0.15) is 44.7 Å². The first-order valence-electron chi connectivity index (χ1n) is 10.5. The molecule has 1 aliphatic heterocycles. The van der Waals surface area contributed by atoms with Crippen molar-refractivity contribution in [2.75, 3.05) is 31.6 Å². The van der Waals surface area contributed by atoms with Gasteiger partial charge in [0.1, 0.15) is 16.4 Å². The first kappa shape index (κ1) is 23.9. The Hall–Kier alpha value is -2.79. The van der Waals surface area contributed by atoms with E-state index in [1.807, 2.05) is 13.2 Å². The lowest BCUT2D eigenvalue weighted by Crippen LogP contribution is -2.49. The van der Waals surface area contributed by atoms with E-state index in [4.69, 9.17) is 16.3 Å². The van der Waals surface area contributed by atoms with Crippen molar-refractivity contribution >= 4 is 23.4 Å². The Kier molecular flexibility index (Phi) is 6.99. The molecule has 3 heterocycles. The minimum atomic E-state index is -1.49. The molecule has 0 spiro atoms. The molecule has 3 rings (SSSR count). The normalized spacial score (nSPS) is 15.7. The van der Waals surface area contributed by atoms with Crippen LogP contribution in [0.15, 0.2) is 24.7 Å². The highest BCUT2D eigenvalue weighted by atomic mass is 35.5. The van der Waals surface area contributed by atoms with Crippen molar-refractivity contribution in [2.24, 2.45) is 7.05 Å². The van der Waals surface area contributed by atoms with Crippen LogP contribution in [0, 0.1) is 11.8 Å². The molecule has 7 nitrogen and oxygen atoms in total. The number of anilines is 1. The van der Waals surface area contributed by atoms with E-state index in [2.05, 4.69) is 26.8 Å². The maximum Gasteiger partial charge on any atom is 0.410 e. The monoisotopic (exact) mass is 461 g/mol. The summed E-state index contributed by atoms with van der Waals surface area (Å²) in [5, 5.41) is 4.47. The summed E-state index contributed by atoms with van der Waals surface area (Å²) in [4.78, 5) is 19.7. The number of hydrogen-bond acceptors (Lipinski definition) is 5. The number of piperidine rings is 1. The number of carbonyl (C=O) groups excluding carboxylic acids is 1. The van der Waals surface area contributed by atoms with Crippen molar-refractivity contribution in [1.29, 1.82) is 0 Å². The van der Waals surface area contributed by atoms with Gasteiger partial charge < -0.3 is 14.5 Å². The van der Waals surface area contributed by atoms with E-state index >= 15 is 4.39 Å². The van der Waals surface area contributed by atoms with Gasteiger partial charge in [0.15, 0.2) is 0 Å². The van der Waals surface area contributed by atoms with Gasteiger partial charge in [0.25, 0.3) is 0 Å². The fraction of sp³-hybridized carbons (Fsp3) is 0.522. The number of ether oxygens (including phenoxy) is 1. The van der Waals surface area contributed by atoms with Crippen molar-refractivity contribution in [1.82, 2.24) is 19.7 Å². The van der Waals surface area contributed by atoms with E-state index in [0.717, 1.165) is 16.8 Å². The smallest absolute Gasteiger partial charge is 0.410 e. The molecular weight excluding hydrogens is 433 g/mol. The molecule has 2 aromatic rings. The van der Waals surface area contributed by atoms with Gasteiger partial charge in [-0.1, -0.05) is 23.4 Å². The van der Waals surface area contributed by atoms with Gasteiger partial charge in [-0.3, -0.25) is 4.68 Å². The molecule has 0 unspecified atom stereocenters. The number of nitrogens with zero attached hydrogens (tertiary/aromatic N) is 5. The number of aryl methyl sites for hydroxylation is 1. The summed E-state index contributed by atoms with van der Waals surface area (Å²) in [5.74, 6) is 6.21. The summed E-state index contributed by atoms with van der Waals surface area (Å²) in [5.41, 5.74) is 0.228. The fourth-order valence-corrected chi connectivity index (χ4v) is 3.69. The standard InChI is InChI=1S/C23H29ClFN5O2/c1-22(2,3)32-21(31)28(4)16-23(25)8-10-30(11-9-23)19-12-20(24)26-14-18(19)7-6-17-13-27-29(5)15-17/h12-15H,8-11,16H2,1-5H3. The zero-order valence-corrected chi connectivity index (χ0v) is 19.9. The number of carbonyl (C=O) groups is 1. The summed E-state index contributed by atoms with van der Waals surface area (Å²) in [6.07, 6.45) is 5.18. The number of hydrogen-bond donors (Lipinski definition) is 0. The highest BCUT2D eigenvalue weighted by Gasteiger charge is 2.38. The number of alkyl halides is 1. The molecule has 32 heavy (non-hydrogen) atoms. The Labute approximate surface area is 193 Å². The molecule has 0 bridgehead atoms. The average molecular weight is 462 g/mol. The summed E-state index contributed by atoms with van der Waals surface area (Å²) in [6, 6.07) is 1.76. The Balaban J connectivity index is 1.69. The topological polar surface area (TPSA) is 63.5 Å². The van der Waals surface area contributed by atoms with Crippen LogP contribution in [0.5, 0.6) is 0 Å². The van der Waals surface area contributed by atoms with Gasteiger partial charge in [0, 0.05) is 58.5 Å². The van der Waals surface area contributed by atoms with Crippen LogP contribution in [0.4, 0.5) is 14.9 Å². The van der Waals surface area contributed by atoms with Gasteiger partial charge in [-0.05, 0) is 20.8 Å². The molecule has 0 aromatic carbocycles. The summed E-state index contributed by atoms with van der Waals surface area (Å²) < 4.78 is 22.5. The van der Waals surface area contributed by atoms with Gasteiger partial charge in [0.05, 0.1) is 29.6 Å². The number of halogens is 2. The zero-order chi connectivity index (χ0) is 23.5. The van der Waals surface area contributed by atoms with Crippen LogP contribution in [0.25, 0.3) is 0 Å². The molecule has 1 amide bonds. The van der Waals surface area contributed by atoms with Crippen LogP contribution in [-0.2, 0) is 11.8 Å². The predicted molar refractivity (Wildman–Crippen MR) is 123 cm³/mol. The quantitative estimate of drug-likeness (QED) is 0.510. The van der Waals surface area contributed by atoms with Crippen LogP contribution < -0.4 is 4.90 Å². The molecule has 0 radical (unpaired) electrons. The van der Waals surface area contributed by atoms with Gasteiger partial charge >= 0.3 is 6.09 Å². The molecule has 1 aliphatic rings. The van der Waals surface area contributed by atoms with E-state index < -0.39 is 17.4 Å². The molecule has 172 valence electrons. The van der Waals surface area contributed by atoms with Crippen molar-refractivity contribution < 1.29 is 13.9 Å². The second-order valence-electron chi connectivity index (χ2n) is 9.15.